The van der Waals surface area contributed by atoms with Crippen molar-refractivity contribution in [2.75, 3.05) is 80.1 Å². The highest BCUT2D eigenvalue weighted by molar-refractivity contribution is 6.32. The molecule has 2 aromatic rings. The monoisotopic (exact) mass is 618 g/mol. The molecule has 4 aliphatic rings. The van der Waals surface area contributed by atoms with Gasteiger partial charge in [0.15, 0.2) is 0 Å². The van der Waals surface area contributed by atoms with Crippen molar-refractivity contribution in [3.63, 3.8) is 0 Å². The summed E-state index contributed by atoms with van der Waals surface area (Å²) in [5, 5.41) is 9.79. The van der Waals surface area contributed by atoms with E-state index in [1.807, 2.05) is 43.9 Å². The molecule has 0 unspecified atom stereocenters. The van der Waals surface area contributed by atoms with Crippen molar-refractivity contribution < 1.29 is 9.53 Å². The number of anilines is 3. The summed E-state index contributed by atoms with van der Waals surface area (Å²) in [6.07, 6.45) is 3.40. The molecule has 0 N–H and O–H groups in total. The van der Waals surface area contributed by atoms with Crippen LogP contribution in [0.3, 0.4) is 0 Å². The number of hydrogen-bond donors (Lipinski definition) is 0. The first-order valence-electron chi connectivity index (χ1n) is 16.3. The molecule has 236 valence electrons. The van der Waals surface area contributed by atoms with Crippen LogP contribution < -0.4 is 14.7 Å². The Morgan fingerprint density at radius 2 is 1.55 bits per heavy atom. The van der Waals surface area contributed by atoms with Gasteiger partial charge in [0, 0.05) is 94.5 Å². The van der Waals surface area contributed by atoms with E-state index in [-0.39, 0.29) is 6.09 Å². The number of amides is 1. The number of piperazine rings is 1. The number of hydrogen-bond acceptors (Lipinski definition) is 7. The van der Waals surface area contributed by atoms with Crippen LogP contribution in [-0.2, 0) is 4.74 Å². The van der Waals surface area contributed by atoms with E-state index in [0.29, 0.717) is 28.0 Å². The Morgan fingerprint density at radius 1 is 0.955 bits per heavy atom. The molecule has 4 saturated heterocycles. The van der Waals surface area contributed by atoms with E-state index in [2.05, 4.69) is 56.9 Å². The molecular formula is C35H47ClN6O2. The minimum atomic E-state index is -0.436. The molecule has 44 heavy (non-hydrogen) atoms. The van der Waals surface area contributed by atoms with Crippen LogP contribution in [0.15, 0.2) is 42.5 Å². The lowest BCUT2D eigenvalue weighted by molar-refractivity contribution is -0.00657. The molecule has 0 aliphatic carbocycles. The lowest BCUT2D eigenvalue weighted by Gasteiger charge is -2.44. The second-order valence-electron chi connectivity index (χ2n) is 14.5. The molecule has 1 amide bonds. The zero-order valence-corrected chi connectivity index (χ0v) is 27.5. The van der Waals surface area contributed by atoms with Crippen LogP contribution in [0, 0.1) is 22.7 Å². The smallest absolute Gasteiger partial charge is 0.410 e. The largest absolute Gasteiger partial charge is 0.444 e. The fourth-order valence-electron chi connectivity index (χ4n) is 7.63. The summed E-state index contributed by atoms with van der Waals surface area (Å²) in [7, 11) is 0. The zero-order chi connectivity index (χ0) is 31.1. The van der Waals surface area contributed by atoms with Gasteiger partial charge in [0.2, 0.25) is 0 Å². The quantitative estimate of drug-likeness (QED) is 0.402. The lowest BCUT2D eigenvalue weighted by atomic mass is 9.76. The molecule has 0 bridgehead atoms. The Labute approximate surface area is 268 Å². The number of carbonyl (C=O) groups excluding carboxylic acids is 1. The van der Waals surface area contributed by atoms with Crippen molar-refractivity contribution in [3.05, 3.63) is 53.1 Å². The summed E-state index contributed by atoms with van der Waals surface area (Å²) in [4.78, 5) is 24.1. The molecule has 4 aliphatic heterocycles. The predicted molar refractivity (Wildman–Crippen MR) is 178 cm³/mol. The number of carbonyl (C=O) groups is 1. The number of halogens is 1. The van der Waals surface area contributed by atoms with Gasteiger partial charge < -0.3 is 24.3 Å². The highest BCUT2D eigenvalue weighted by Gasteiger charge is 2.44. The summed E-state index contributed by atoms with van der Waals surface area (Å²) in [5.41, 5.74) is 4.20. The summed E-state index contributed by atoms with van der Waals surface area (Å²) in [6.45, 7) is 18.1. The number of nitriles is 1. The van der Waals surface area contributed by atoms with Gasteiger partial charge in [0.25, 0.3) is 0 Å². The zero-order valence-electron chi connectivity index (χ0n) is 26.8. The van der Waals surface area contributed by atoms with Crippen LogP contribution >= 0.6 is 11.6 Å². The third-order valence-electron chi connectivity index (χ3n) is 10.1. The van der Waals surface area contributed by atoms with Crippen molar-refractivity contribution in [1.82, 2.24) is 9.80 Å². The molecule has 1 spiro atoms. The predicted octanol–water partition coefficient (Wildman–Crippen LogP) is 6.09. The molecule has 8 nitrogen and oxygen atoms in total. The van der Waals surface area contributed by atoms with E-state index >= 15 is 0 Å². The van der Waals surface area contributed by atoms with Crippen molar-refractivity contribution in [3.8, 4) is 6.07 Å². The molecule has 0 saturated carbocycles. The standard InChI is InChI=1S/C35H47ClN6O2/c1-26-20-35(25-42(26)31-6-5-28(21-37)32(36)19-31)11-13-39(14-12-35)29-7-9-30(10-8-29)40-17-15-38(16-18-40)22-27-23-41(24-27)33(43)44-34(2,3)4/h5-10,19,26-27H,11-18,20,22-25H2,1-4H3/t26-/m0/s1. The Hall–Kier alpha value is -3.15. The van der Waals surface area contributed by atoms with Gasteiger partial charge >= 0.3 is 6.09 Å². The fourth-order valence-corrected chi connectivity index (χ4v) is 7.85. The van der Waals surface area contributed by atoms with E-state index in [1.165, 1.54) is 30.6 Å². The second-order valence-corrected chi connectivity index (χ2v) is 14.9. The molecule has 1 atom stereocenters. The van der Waals surface area contributed by atoms with Gasteiger partial charge in [-0.25, -0.2) is 4.79 Å². The van der Waals surface area contributed by atoms with Crippen LogP contribution in [0.1, 0.15) is 52.5 Å². The first-order chi connectivity index (χ1) is 21.0. The number of benzene rings is 2. The number of nitrogens with zero attached hydrogens (tertiary/aromatic N) is 6. The van der Waals surface area contributed by atoms with Crippen LogP contribution in [0.2, 0.25) is 5.02 Å². The average molecular weight is 619 g/mol. The summed E-state index contributed by atoms with van der Waals surface area (Å²) in [6, 6.07) is 17.7. The fraction of sp³-hybridized carbons (Fsp3) is 0.600. The highest BCUT2D eigenvalue weighted by Crippen LogP contribution is 2.46. The Kier molecular flexibility index (Phi) is 8.65. The topological polar surface area (TPSA) is 66.3 Å². The first-order valence-corrected chi connectivity index (χ1v) is 16.7. The van der Waals surface area contributed by atoms with Gasteiger partial charge in [-0.05, 0) is 94.8 Å². The summed E-state index contributed by atoms with van der Waals surface area (Å²) in [5.74, 6) is 0.544. The molecule has 0 radical (unpaired) electrons. The lowest BCUT2D eigenvalue weighted by Crippen LogP contribution is -2.57. The highest BCUT2D eigenvalue weighted by atomic mass is 35.5. The maximum atomic E-state index is 12.2. The Morgan fingerprint density at radius 3 is 2.11 bits per heavy atom. The third-order valence-corrected chi connectivity index (χ3v) is 10.4. The number of piperidine rings is 1. The van der Waals surface area contributed by atoms with Gasteiger partial charge in [-0.3, -0.25) is 4.90 Å². The van der Waals surface area contributed by atoms with E-state index in [9.17, 15) is 10.1 Å². The van der Waals surface area contributed by atoms with Crippen LogP contribution in [0.5, 0.6) is 0 Å². The molecule has 9 heteroatoms. The minimum Gasteiger partial charge on any atom is -0.444 e. The van der Waals surface area contributed by atoms with E-state index < -0.39 is 5.60 Å². The van der Waals surface area contributed by atoms with Crippen LogP contribution in [-0.4, -0.2) is 93.0 Å². The number of ether oxygens (including phenoxy) is 1. The maximum Gasteiger partial charge on any atom is 0.410 e. The van der Waals surface area contributed by atoms with Crippen molar-refractivity contribution >= 4 is 34.8 Å². The Bertz CT molecular complexity index is 1360. The number of likely N-dealkylation sites (tertiary alicyclic amines) is 1. The minimum absolute atomic E-state index is 0.184. The van der Waals surface area contributed by atoms with E-state index in [1.54, 1.807) is 0 Å². The third kappa shape index (κ3) is 6.74. The SMILES string of the molecule is C[C@H]1CC2(CCN(c3ccc(N4CCN(CC5CN(C(=O)OC(C)(C)C)C5)CC4)cc3)CC2)CN1c1ccc(C#N)c(Cl)c1. The molecule has 6 rings (SSSR count). The molecule has 4 heterocycles. The molecular weight excluding hydrogens is 572 g/mol. The van der Waals surface area contributed by atoms with Gasteiger partial charge in [0.05, 0.1) is 10.6 Å². The Balaban J connectivity index is 0.948. The van der Waals surface area contributed by atoms with Crippen molar-refractivity contribution in [1.29, 1.82) is 5.26 Å². The van der Waals surface area contributed by atoms with Gasteiger partial charge in [0.1, 0.15) is 11.7 Å². The van der Waals surface area contributed by atoms with Crippen LogP contribution in [0.4, 0.5) is 21.9 Å². The van der Waals surface area contributed by atoms with Gasteiger partial charge in [-0.1, -0.05) is 11.6 Å². The maximum absolute atomic E-state index is 12.2. The average Bonchev–Trinajstić information content (AvgIpc) is 3.29. The first kappa shape index (κ1) is 30.9. The van der Waals surface area contributed by atoms with Gasteiger partial charge in [-0.2, -0.15) is 5.26 Å². The van der Waals surface area contributed by atoms with Crippen LogP contribution in [0.25, 0.3) is 0 Å². The van der Waals surface area contributed by atoms with E-state index in [0.717, 1.165) is 71.1 Å². The van der Waals surface area contributed by atoms with Crippen molar-refractivity contribution in [2.45, 2.75) is 58.6 Å². The molecule has 0 aromatic heterocycles. The normalized spacial score (nSPS) is 22.7. The van der Waals surface area contributed by atoms with Crippen molar-refractivity contribution in [2.24, 2.45) is 11.3 Å². The summed E-state index contributed by atoms with van der Waals surface area (Å²) >= 11 is 6.37. The molecule has 4 fully saturated rings. The second kappa shape index (κ2) is 12.3. The molecule has 2 aromatic carbocycles. The van der Waals surface area contributed by atoms with Gasteiger partial charge in [-0.15, -0.1) is 0 Å². The summed E-state index contributed by atoms with van der Waals surface area (Å²) < 4.78 is 5.49. The van der Waals surface area contributed by atoms with E-state index in [4.69, 9.17) is 16.3 Å². The number of rotatable bonds is 5.